The fourth-order valence-corrected chi connectivity index (χ4v) is 1.40. The van der Waals surface area contributed by atoms with Gasteiger partial charge >= 0.3 is 11.9 Å². The molecule has 0 spiro atoms. The molecule has 5 heteroatoms. The fourth-order valence-electron chi connectivity index (χ4n) is 1.17. The zero-order valence-corrected chi connectivity index (χ0v) is 9.32. The Labute approximate surface area is 97.8 Å². The Morgan fingerprint density at radius 1 is 1.50 bits per heavy atom. The Kier molecular flexibility index (Phi) is 4.31. The number of halogens is 1. The van der Waals surface area contributed by atoms with E-state index < -0.39 is 11.9 Å². The summed E-state index contributed by atoms with van der Waals surface area (Å²) >= 11 is 5.82. The van der Waals surface area contributed by atoms with Gasteiger partial charge in [-0.15, -0.1) is 0 Å². The Bertz CT molecular complexity index is 414. The zero-order valence-electron chi connectivity index (χ0n) is 8.57. The summed E-state index contributed by atoms with van der Waals surface area (Å²) in [5.41, 5.74) is 0.135. The van der Waals surface area contributed by atoms with Gasteiger partial charge in [-0.2, -0.15) is 0 Å². The molecule has 0 atom stereocenters. The van der Waals surface area contributed by atoms with Gasteiger partial charge in [0.05, 0.1) is 12.2 Å². The first-order chi connectivity index (χ1) is 7.56. The Morgan fingerprint density at radius 2 is 2.19 bits per heavy atom. The van der Waals surface area contributed by atoms with Crippen LogP contribution >= 0.6 is 11.6 Å². The van der Waals surface area contributed by atoms with Crippen molar-refractivity contribution in [3.63, 3.8) is 0 Å². The van der Waals surface area contributed by atoms with Crippen LogP contribution in [0.4, 0.5) is 0 Å². The lowest BCUT2D eigenvalue weighted by molar-refractivity contribution is -0.138. The highest BCUT2D eigenvalue weighted by atomic mass is 35.5. The van der Waals surface area contributed by atoms with E-state index in [9.17, 15) is 9.59 Å². The molecule has 4 nitrogen and oxygen atoms in total. The van der Waals surface area contributed by atoms with Gasteiger partial charge in [-0.1, -0.05) is 17.7 Å². The van der Waals surface area contributed by atoms with E-state index in [1.54, 1.807) is 6.92 Å². The molecule has 0 aliphatic heterocycles. The van der Waals surface area contributed by atoms with E-state index in [0.717, 1.165) is 6.42 Å². The summed E-state index contributed by atoms with van der Waals surface area (Å²) in [5.74, 6) is -1.75. The van der Waals surface area contributed by atoms with Crippen LogP contribution in [0.5, 0.6) is 0 Å². The van der Waals surface area contributed by atoms with Gasteiger partial charge in [-0.05, 0) is 19.1 Å². The number of hydrogen-bond acceptors (Lipinski definition) is 3. The van der Waals surface area contributed by atoms with E-state index in [0.29, 0.717) is 0 Å². The Hall–Kier alpha value is -1.55. The van der Waals surface area contributed by atoms with E-state index in [4.69, 9.17) is 16.7 Å². The van der Waals surface area contributed by atoms with E-state index in [2.05, 4.69) is 4.74 Å². The van der Waals surface area contributed by atoms with E-state index in [1.807, 2.05) is 0 Å². The average molecular weight is 242 g/mol. The van der Waals surface area contributed by atoms with Crippen molar-refractivity contribution in [2.45, 2.75) is 6.92 Å². The second kappa shape index (κ2) is 5.51. The van der Waals surface area contributed by atoms with Crippen molar-refractivity contribution in [2.24, 2.45) is 0 Å². The maximum Gasteiger partial charge on any atom is 0.336 e. The fraction of sp³-hybridized carbons (Fsp3) is 0.182. The van der Waals surface area contributed by atoms with Gasteiger partial charge in [-0.25, -0.2) is 4.79 Å². The van der Waals surface area contributed by atoms with Crippen molar-refractivity contribution in [2.75, 3.05) is 6.61 Å². The molecule has 1 aromatic rings. The predicted octanol–water partition coefficient (Wildman–Crippen LogP) is 2.15. The second-order valence-corrected chi connectivity index (χ2v) is 3.31. The van der Waals surface area contributed by atoms with Crippen LogP contribution in [-0.4, -0.2) is 23.7 Å². The summed E-state index contributed by atoms with van der Waals surface area (Å²) in [6, 6.07) is 4.40. The molecule has 0 aliphatic carbocycles. The molecule has 0 amide bonds. The lowest BCUT2D eigenvalue weighted by Crippen LogP contribution is -2.10. The van der Waals surface area contributed by atoms with Crippen molar-refractivity contribution in [1.29, 1.82) is 0 Å². The molecule has 0 fully saturated rings. The molecular formula is C11H10ClO4. The summed E-state index contributed by atoms with van der Waals surface area (Å²) in [7, 11) is 0. The third-order valence-corrected chi connectivity index (χ3v) is 2.16. The van der Waals surface area contributed by atoms with Gasteiger partial charge < -0.3 is 9.84 Å². The quantitative estimate of drug-likeness (QED) is 0.821. The van der Waals surface area contributed by atoms with Gasteiger partial charge in [0.2, 0.25) is 0 Å². The molecule has 1 aromatic carbocycles. The number of rotatable bonds is 4. The van der Waals surface area contributed by atoms with Crippen molar-refractivity contribution in [3.05, 3.63) is 40.8 Å². The van der Waals surface area contributed by atoms with Crippen LogP contribution in [0.2, 0.25) is 5.02 Å². The first-order valence-electron chi connectivity index (χ1n) is 4.59. The van der Waals surface area contributed by atoms with Crippen LogP contribution in [0.3, 0.4) is 0 Å². The third-order valence-electron chi connectivity index (χ3n) is 1.83. The third kappa shape index (κ3) is 2.97. The molecule has 0 unspecified atom stereocenters. The lowest BCUT2D eigenvalue weighted by Gasteiger charge is -2.07. The summed E-state index contributed by atoms with van der Waals surface area (Å²) in [6.07, 6.45) is 1.08. The molecule has 85 valence electrons. The summed E-state index contributed by atoms with van der Waals surface area (Å²) in [6.45, 7) is 1.89. The molecule has 0 saturated carbocycles. The number of carbonyl (C=O) groups excluding carboxylic acids is 1. The highest BCUT2D eigenvalue weighted by molar-refractivity contribution is 6.32. The predicted molar refractivity (Wildman–Crippen MR) is 58.4 cm³/mol. The van der Waals surface area contributed by atoms with Gasteiger partial charge in [0.15, 0.2) is 0 Å². The largest absolute Gasteiger partial charge is 0.478 e. The number of ether oxygens (including phenoxy) is 1. The SMILES string of the molecule is CCOC(=O)[CH]c1c(Cl)cccc1C(=O)O. The number of carboxylic acids is 1. The normalized spacial score (nSPS) is 9.88. The van der Waals surface area contributed by atoms with Crippen molar-refractivity contribution in [1.82, 2.24) is 0 Å². The maximum absolute atomic E-state index is 11.2. The maximum atomic E-state index is 11.2. The summed E-state index contributed by atoms with van der Waals surface area (Å²) < 4.78 is 4.69. The molecule has 1 radical (unpaired) electrons. The Balaban J connectivity index is 3.01. The zero-order chi connectivity index (χ0) is 12.1. The number of esters is 1. The van der Waals surface area contributed by atoms with Gasteiger partial charge in [0, 0.05) is 10.6 Å². The molecule has 0 heterocycles. The van der Waals surface area contributed by atoms with Crippen molar-refractivity contribution >= 4 is 23.5 Å². The molecule has 1 rings (SSSR count). The number of carboxylic acid groups (broad SMARTS) is 1. The minimum absolute atomic E-state index is 0.0273. The summed E-state index contributed by atoms with van der Waals surface area (Å²) in [5, 5.41) is 9.10. The van der Waals surface area contributed by atoms with Gasteiger partial charge in [-0.3, -0.25) is 4.79 Å². The second-order valence-electron chi connectivity index (χ2n) is 2.90. The van der Waals surface area contributed by atoms with Crippen LogP contribution in [-0.2, 0) is 9.53 Å². The lowest BCUT2D eigenvalue weighted by atomic mass is 10.0. The van der Waals surface area contributed by atoms with Gasteiger partial charge in [0.25, 0.3) is 0 Å². The number of hydrogen-bond donors (Lipinski definition) is 1. The van der Waals surface area contributed by atoms with Crippen molar-refractivity contribution in [3.8, 4) is 0 Å². The highest BCUT2D eigenvalue weighted by Crippen LogP contribution is 2.22. The first-order valence-corrected chi connectivity index (χ1v) is 4.97. The average Bonchev–Trinajstić information content (AvgIpc) is 2.21. The minimum atomic E-state index is -1.14. The Morgan fingerprint density at radius 3 is 2.75 bits per heavy atom. The van der Waals surface area contributed by atoms with Crippen LogP contribution in [0.1, 0.15) is 22.8 Å². The number of aromatic carboxylic acids is 1. The van der Waals surface area contributed by atoms with E-state index in [-0.39, 0.29) is 22.8 Å². The molecule has 0 saturated heterocycles. The molecule has 0 aliphatic rings. The van der Waals surface area contributed by atoms with E-state index >= 15 is 0 Å². The molecule has 1 N–H and O–H groups in total. The number of carbonyl (C=O) groups is 2. The summed E-state index contributed by atoms with van der Waals surface area (Å²) in [4.78, 5) is 22.1. The molecule has 0 aromatic heterocycles. The highest BCUT2D eigenvalue weighted by Gasteiger charge is 2.16. The van der Waals surface area contributed by atoms with Gasteiger partial charge in [0.1, 0.15) is 6.42 Å². The van der Waals surface area contributed by atoms with Crippen LogP contribution in [0, 0.1) is 6.42 Å². The topological polar surface area (TPSA) is 63.6 Å². The molecular weight excluding hydrogens is 232 g/mol. The number of benzene rings is 1. The molecule has 0 bridgehead atoms. The van der Waals surface area contributed by atoms with Crippen molar-refractivity contribution < 1.29 is 19.4 Å². The van der Waals surface area contributed by atoms with Crippen LogP contribution in [0.25, 0.3) is 0 Å². The van der Waals surface area contributed by atoms with E-state index in [1.165, 1.54) is 18.2 Å². The van der Waals surface area contributed by atoms with Crippen LogP contribution < -0.4 is 0 Å². The molecule has 16 heavy (non-hydrogen) atoms. The smallest absolute Gasteiger partial charge is 0.336 e. The first kappa shape index (κ1) is 12.5. The standard InChI is InChI=1S/C11H10ClO4/c1-2-16-10(13)6-8-7(11(14)15)4-3-5-9(8)12/h3-6H,2H2,1H3,(H,14,15). The van der Waals surface area contributed by atoms with Crippen LogP contribution in [0.15, 0.2) is 18.2 Å². The monoisotopic (exact) mass is 241 g/mol. The minimum Gasteiger partial charge on any atom is -0.478 e.